The summed E-state index contributed by atoms with van der Waals surface area (Å²) in [5.74, 6) is 0.832. The largest absolute Gasteiger partial charge is 0.340 e. The van der Waals surface area contributed by atoms with E-state index in [4.69, 9.17) is 5.73 Å². The fourth-order valence-electron chi connectivity index (χ4n) is 1.29. The molecule has 0 aliphatic rings. The minimum Gasteiger partial charge on any atom is -0.340 e. The van der Waals surface area contributed by atoms with E-state index in [0.717, 1.165) is 17.1 Å². The van der Waals surface area contributed by atoms with E-state index in [0.29, 0.717) is 6.54 Å². The zero-order chi connectivity index (χ0) is 10.5. The van der Waals surface area contributed by atoms with Crippen molar-refractivity contribution in [2.75, 3.05) is 5.32 Å². The van der Waals surface area contributed by atoms with Crippen molar-refractivity contribution in [2.45, 2.75) is 6.54 Å². The summed E-state index contributed by atoms with van der Waals surface area (Å²) in [6.07, 6.45) is 1.78. The summed E-state index contributed by atoms with van der Waals surface area (Å²) >= 11 is 0. The number of nitrogens with two attached hydrogens (primary N) is 1. The number of aromatic nitrogens is 1. The van der Waals surface area contributed by atoms with Crippen LogP contribution in [0.15, 0.2) is 48.7 Å². The Bertz CT molecular complexity index is 409. The lowest BCUT2D eigenvalue weighted by atomic mass is 10.3. The fourth-order valence-corrected chi connectivity index (χ4v) is 1.29. The topological polar surface area (TPSA) is 50.9 Å². The smallest absolute Gasteiger partial charge is 0.130 e. The molecule has 0 saturated heterocycles. The number of pyridine rings is 1. The molecular weight excluding hydrogens is 186 g/mol. The molecular formula is C12H13N3. The quantitative estimate of drug-likeness (QED) is 0.797. The first-order chi connectivity index (χ1) is 7.38. The number of nitrogens with one attached hydrogen (secondary N) is 1. The Morgan fingerprint density at radius 1 is 1.07 bits per heavy atom. The van der Waals surface area contributed by atoms with Crippen molar-refractivity contribution in [2.24, 2.45) is 5.73 Å². The third-order valence-electron chi connectivity index (χ3n) is 2.11. The van der Waals surface area contributed by atoms with Crippen LogP contribution in [0.4, 0.5) is 11.5 Å². The van der Waals surface area contributed by atoms with Crippen LogP contribution >= 0.6 is 0 Å². The van der Waals surface area contributed by atoms with Crippen LogP contribution in [-0.4, -0.2) is 4.98 Å². The molecule has 0 unspecified atom stereocenters. The normalized spacial score (nSPS) is 9.93. The molecule has 2 aromatic rings. The molecule has 1 heterocycles. The van der Waals surface area contributed by atoms with Gasteiger partial charge in [-0.3, -0.25) is 0 Å². The van der Waals surface area contributed by atoms with Crippen molar-refractivity contribution in [1.82, 2.24) is 4.98 Å². The summed E-state index contributed by atoms with van der Waals surface area (Å²) in [7, 11) is 0. The van der Waals surface area contributed by atoms with E-state index in [-0.39, 0.29) is 0 Å². The maximum Gasteiger partial charge on any atom is 0.130 e. The van der Waals surface area contributed by atoms with Gasteiger partial charge in [0, 0.05) is 18.4 Å². The number of anilines is 2. The molecule has 76 valence electrons. The Kier molecular flexibility index (Phi) is 2.95. The van der Waals surface area contributed by atoms with Gasteiger partial charge in [-0.25, -0.2) is 4.98 Å². The summed E-state index contributed by atoms with van der Waals surface area (Å²) in [4.78, 5) is 4.25. The van der Waals surface area contributed by atoms with Gasteiger partial charge in [0.1, 0.15) is 5.82 Å². The predicted octanol–water partition coefficient (Wildman–Crippen LogP) is 2.28. The number of hydrogen-bond acceptors (Lipinski definition) is 3. The van der Waals surface area contributed by atoms with Crippen LogP contribution < -0.4 is 11.1 Å². The number of para-hydroxylation sites is 1. The third kappa shape index (κ3) is 2.54. The highest BCUT2D eigenvalue weighted by Gasteiger charge is 1.94. The minimum absolute atomic E-state index is 0.526. The van der Waals surface area contributed by atoms with Crippen molar-refractivity contribution in [3.63, 3.8) is 0 Å². The van der Waals surface area contributed by atoms with E-state index in [2.05, 4.69) is 10.3 Å². The SMILES string of the molecule is NCc1ccc(Nc2ccccc2)nc1. The monoisotopic (exact) mass is 199 g/mol. The average molecular weight is 199 g/mol. The number of nitrogens with zero attached hydrogens (tertiary/aromatic N) is 1. The highest BCUT2D eigenvalue weighted by Crippen LogP contribution is 2.13. The molecule has 0 atom stereocenters. The molecule has 15 heavy (non-hydrogen) atoms. The molecule has 0 bridgehead atoms. The van der Waals surface area contributed by atoms with Gasteiger partial charge in [-0.1, -0.05) is 24.3 Å². The summed E-state index contributed by atoms with van der Waals surface area (Å²) < 4.78 is 0. The molecule has 0 aliphatic heterocycles. The number of hydrogen-bond donors (Lipinski definition) is 2. The van der Waals surface area contributed by atoms with Gasteiger partial charge in [0.2, 0.25) is 0 Å². The minimum atomic E-state index is 0.526. The molecule has 0 radical (unpaired) electrons. The van der Waals surface area contributed by atoms with Gasteiger partial charge in [-0.05, 0) is 23.8 Å². The molecule has 0 fully saturated rings. The molecule has 3 N–H and O–H groups in total. The Hall–Kier alpha value is -1.87. The molecule has 1 aromatic carbocycles. The van der Waals surface area contributed by atoms with Gasteiger partial charge in [0.15, 0.2) is 0 Å². The second-order valence-corrected chi connectivity index (χ2v) is 3.25. The van der Waals surface area contributed by atoms with E-state index < -0.39 is 0 Å². The highest BCUT2D eigenvalue weighted by atomic mass is 15.0. The maximum absolute atomic E-state index is 5.49. The van der Waals surface area contributed by atoms with E-state index in [1.165, 1.54) is 0 Å². The average Bonchev–Trinajstić information content (AvgIpc) is 2.31. The molecule has 0 aliphatic carbocycles. The second-order valence-electron chi connectivity index (χ2n) is 3.25. The molecule has 0 spiro atoms. The molecule has 2 rings (SSSR count). The molecule has 1 aromatic heterocycles. The fraction of sp³-hybridized carbons (Fsp3) is 0.0833. The lowest BCUT2D eigenvalue weighted by molar-refractivity contribution is 1.05. The lowest BCUT2D eigenvalue weighted by Crippen LogP contribution is -1.98. The predicted molar refractivity (Wildman–Crippen MR) is 61.9 cm³/mol. The van der Waals surface area contributed by atoms with Crippen molar-refractivity contribution in [3.8, 4) is 0 Å². The Morgan fingerprint density at radius 3 is 2.47 bits per heavy atom. The van der Waals surface area contributed by atoms with Gasteiger partial charge in [0.05, 0.1) is 0 Å². The first kappa shape index (κ1) is 9.68. The van der Waals surface area contributed by atoms with Crippen LogP contribution in [-0.2, 0) is 6.54 Å². The second kappa shape index (κ2) is 4.57. The highest BCUT2D eigenvalue weighted by molar-refractivity contribution is 5.55. The van der Waals surface area contributed by atoms with Gasteiger partial charge in [0.25, 0.3) is 0 Å². The van der Waals surface area contributed by atoms with Crippen LogP contribution in [0.2, 0.25) is 0 Å². The molecule has 3 heteroatoms. The summed E-state index contributed by atoms with van der Waals surface area (Å²) in [5.41, 5.74) is 7.56. The van der Waals surface area contributed by atoms with Crippen molar-refractivity contribution >= 4 is 11.5 Å². The van der Waals surface area contributed by atoms with Crippen LogP contribution in [0.3, 0.4) is 0 Å². The molecule has 0 amide bonds. The van der Waals surface area contributed by atoms with Crippen LogP contribution in [0.5, 0.6) is 0 Å². The zero-order valence-electron chi connectivity index (χ0n) is 8.35. The number of rotatable bonds is 3. The van der Waals surface area contributed by atoms with Gasteiger partial charge in [-0.15, -0.1) is 0 Å². The van der Waals surface area contributed by atoms with Crippen molar-refractivity contribution in [3.05, 3.63) is 54.2 Å². The van der Waals surface area contributed by atoms with E-state index >= 15 is 0 Å². The van der Waals surface area contributed by atoms with Crippen LogP contribution in [0.1, 0.15) is 5.56 Å². The van der Waals surface area contributed by atoms with Gasteiger partial charge >= 0.3 is 0 Å². The third-order valence-corrected chi connectivity index (χ3v) is 2.11. The number of benzene rings is 1. The van der Waals surface area contributed by atoms with E-state index in [1.807, 2.05) is 42.5 Å². The molecule has 3 nitrogen and oxygen atoms in total. The van der Waals surface area contributed by atoms with Crippen molar-refractivity contribution < 1.29 is 0 Å². The maximum atomic E-state index is 5.49. The van der Waals surface area contributed by atoms with Crippen LogP contribution in [0, 0.1) is 0 Å². The summed E-state index contributed by atoms with van der Waals surface area (Å²) in [6, 6.07) is 13.8. The first-order valence-electron chi connectivity index (χ1n) is 4.85. The van der Waals surface area contributed by atoms with Crippen molar-refractivity contribution in [1.29, 1.82) is 0 Å². The first-order valence-corrected chi connectivity index (χ1v) is 4.85. The standard InChI is InChI=1S/C12H13N3/c13-8-10-6-7-12(14-9-10)15-11-4-2-1-3-5-11/h1-7,9H,8,13H2,(H,14,15). The van der Waals surface area contributed by atoms with Gasteiger partial charge < -0.3 is 11.1 Å². The Labute approximate surface area is 89.0 Å². The van der Waals surface area contributed by atoms with Crippen LogP contribution in [0.25, 0.3) is 0 Å². The van der Waals surface area contributed by atoms with Gasteiger partial charge in [-0.2, -0.15) is 0 Å². The lowest BCUT2D eigenvalue weighted by Gasteiger charge is -2.05. The Balaban J connectivity index is 2.11. The molecule has 0 saturated carbocycles. The van der Waals surface area contributed by atoms with E-state index in [1.54, 1.807) is 6.20 Å². The summed E-state index contributed by atoms with van der Waals surface area (Å²) in [6.45, 7) is 0.526. The zero-order valence-corrected chi connectivity index (χ0v) is 8.35. The summed E-state index contributed by atoms with van der Waals surface area (Å²) in [5, 5.41) is 3.20. The Morgan fingerprint density at radius 2 is 1.87 bits per heavy atom. The van der Waals surface area contributed by atoms with E-state index in [9.17, 15) is 0 Å².